The lowest BCUT2D eigenvalue weighted by Gasteiger charge is -2.32. The van der Waals surface area contributed by atoms with Crippen molar-refractivity contribution in [2.75, 3.05) is 0 Å². The molecule has 0 aromatic heterocycles. The molecule has 7 heteroatoms. The molecule has 0 saturated carbocycles. The fraction of sp³-hybridized carbons (Fsp3) is 1.00. The molecule has 0 fully saturated rings. The quantitative estimate of drug-likeness (QED) is 0.404. The second-order valence-corrected chi connectivity index (χ2v) is 9.26. The first-order valence-corrected chi connectivity index (χ1v) is 9.07. The average molecular weight is 249 g/mol. The molecule has 0 amide bonds. The van der Waals surface area contributed by atoms with Crippen LogP contribution in [0.2, 0.25) is 26.0 Å². The van der Waals surface area contributed by atoms with Crippen LogP contribution >= 0.6 is 0 Å². The maximum absolute atomic E-state index is 9.42. The zero-order valence-corrected chi connectivity index (χ0v) is 12.1. The maximum Gasteiger partial charge on any atom is 0.464 e. The lowest BCUT2D eigenvalue weighted by molar-refractivity contribution is -0.245. The van der Waals surface area contributed by atoms with E-state index in [0.29, 0.717) is 6.32 Å². The number of hydrogen-bond donors (Lipinski definition) is 2. The van der Waals surface area contributed by atoms with Gasteiger partial charge < -0.3 is 19.3 Å². The van der Waals surface area contributed by atoms with Gasteiger partial charge in [-0.1, -0.05) is 6.92 Å². The highest BCUT2D eigenvalue weighted by atomic mass is 28.4. The van der Waals surface area contributed by atoms with E-state index in [0.717, 1.165) is 5.06 Å². The lowest BCUT2D eigenvalue weighted by Crippen LogP contribution is -2.47. The summed E-state index contributed by atoms with van der Waals surface area (Å²) in [5.74, 6) is 0. The largest absolute Gasteiger partial charge is 0.464 e. The summed E-state index contributed by atoms with van der Waals surface area (Å²) >= 11 is 0. The fourth-order valence-electron chi connectivity index (χ4n) is 1.20. The number of hydroxylamine groups is 2. The summed E-state index contributed by atoms with van der Waals surface area (Å²) in [6, 6.07) is 0. The number of hydrogen-bond acceptors (Lipinski definition) is 5. The Balaban J connectivity index is 4.39. The average Bonchev–Trinajstić information content (AvgIpc) is 2.08. The Morgan fingerprint density at radius 2 is 1.62 bits per heavy atom. The molecule has 0 unspecified atom stereocenters. The van der Waals surface area contributed by atoms with Crippen molar-refractivity contribution in [2.45, 2.75) is 59.2 Å². The van der Waals surface area contributed by atoms with Crippen LogP contribution < -0.4 is 0 Å². The van der Waals surface area contributed by atoms with Gasteiger partial charge in [0, 0.05) is 0 Å². The van der Waals surface area contributed by atoms with Gasteiger partial charge in [0.25, 0.3) is 0 Å². The normalized spacial score (nSPS) is 16.3. The van der Waals surface area contributed by atoms with Crippen molar-refractivity contribution >= 4 is 15.4 Å². The van der Waals surface area contributed by atoms with Crippen molar-refractivity contribution < 1.29 is 19.3 Å². The minimum atomic E-state index is -1.69. The van der Waals surface area contributed by atoms with Crippen LogP contribution in [-0.4, -0.2) is 43.2 Å². The van der Waals surface area contributed by atoms with Gasteiger partial charge in [-0.05, 0) is 39.8 Å². The van der Waals surface area contributed by atoms with Crippen molar-refractivity contribution in [2.24, 2.45) is 0 Å². The summed E-state index contributed by atoms with van der Waals surface area (Å²) in [5, 5.41) is 20.0. The molecule has 0 aromatic carbocycles. The van der Waals surface area contributed by atoms with Crippen molar-refractivity contribution in [1.82, 2.24) is 5.06 Å². The first kappa shape index (κ1) is 16.1. The zero-order chi connectivity index (χ0) is 12.9. The monoisotopic (exact) mass is 249 g/mol. The first-order valence-electron chi connectivity index (χ1n) is 5.66. The SMILES string of the molecule is CCB(ON([C@@H](C)O)[C@@H](C)O)O[Si](C)(C)C. The van der Waals surface area contributed by atoms with Gasteiger partial charge in [0.15, 0.2) is 8.32 Å². The van der Waals surface area contributed by atoms with E-state index in [1.807, 2.05) is 6.92 Å². The van der Waals surface area contributed by atoms with Crippen LogP contribution in [0.4, 0.5) is 0 Å². The fourth-order valence-corrected chi connectivity index (χ4v) is 2.20. The highest BCUT2D eigenvalue weighted by molar-refractivity contribution is 6.75. The molecule has 0 heterocycles. The molecule has 2 atom stereocenters. The first-order chi connectivity index (χ1) is 7.17. The molecule has 0 aliphatic carbocycles. The Bertz CT molecular complexity index is 190. The van der Waals surface area contributed by atoms with Gasteiger partial charge in [-0.2, -0.15) is 0 Å². The van der Waals surface area contributed by atoms with E-state index in [2.05, 4.69) is 19.6 Å². The van der Waals surface area contributed by atoms with Gasteiger partial charge in [-0.25, -0.2) is 0 Å². The summed E-state index contributed by atoms with van der Waals surface area (Å²) in [6.45, 7) is 11.2. The molecule has 16 heavy (non-hydrogen) atoms. The molecule has 0 rings (SSSR count). The zero-order valence-electron chi connectivity index (χ0n) is 11.1. The number of aliphatic hydroxyl groups is 2. The number of rotatable bonds is 7. The predicted octanol–water partition coefficient (Wildman–Crippen LogP) is 1.26. The summed E-state index contributed by atoms with van der Waals surface area (Å²) < 4.78 is 11.2. The van der Waals surface area contributed by atoms with Crippen LogP contribution in [0.25, 0.3) is 0 Å². The highest BCUT2D eigenvalue weighted by Crippen LogP contribution is 2.12. The minimum absolute atomic E-state index is 0.420. The molecular formula is C9H24BNO4Si. The van der Waals surface area contributed by atoms with Crippen LogP contribution in [0.3, 0.4) is 0 Å². The van der Waals surface area contributed by atoms with Crippen LogP contribution in [-0.2, 0) is 9.10 Å². The molecule has 0 bridgehead atoms. The minimum Gasteiger partial charge on any atom is -0.453 e. The Labute approximate surface area is 99.6 Å². The number of nitrogens with zero attached hydrogens (tertiary/aromatic N) is 1. The molecule has 5 nitrogen and oxygen atoms in total. The molecule has 0 aliphatic rings. The van der Waals surface area contributed by atoms with E-state index >= 15 is 0 Å². The molecular weight excluding hydrogens is 225 g/mol. The van der Waals surface area contributed by atoms with Crippen LogP contribution in [0, 0.1) is 0 Å². The predicted molar refractivity (Wildman–Crippen MR) is 67.0 cm³/mol. The van der Waals surface area contributed by atoms with Crippen molar-refractivity contribution in [1.29, 1.82) is 0 Å². The van der Waals surface area contributed by atoms with Crippen molar-refractivity contribution in [3.8, 4) is 0 Å². The molecule has 2 N–H and O–H groups in total. The van der Waals surface area contributed by atoms with Crippen molar-refractivity contribution in [3.63, 3.8) is 0 Å². The summed E-state index contributed by atoms with van der Waals surface area (Å²) in [4.78, 5) is 0. The Hall–Kier alpha value is 0.0818. The number of aliphatic hydroxyl groups excluding tert-OH is 2. The van der Waals surface area contributed by atoms with Crippen LogP contribution in [0.1, 0.15) is 20.8 Å². The van der Waals surface area contributed by atoms with Gasteiger partial charge in [-0.3, -0.25) is 0 Å². The summed E-state index contributed by atoms with van der Waals surface area (Å²) in [6.07, 6.45) is -1.08. The molecule has 0 saturated heterocycles. The second-order valence-electron chi connectivity index (χ2n) is 4.80. The van der Waals surface area contributed by atoms with E-state index in [-0.39, 0.29) is 0 Å². The molecule has 96 valence electrons. The van der Waals surface area contributed by atoms with Gasteiger partial charge in [-0.15, -0.1) is 5.06 Å². The smallest absolute Gasteiger partial charge is 0.453 e. The maximum atomic E-state index is 9.42. The van der Waals surface area contributed by atoms with E-state index < -0.39 is 27.9 Å². The molecule has 0 radical (unpaired) electrons. The Morgan fingerprint density at radius 3 is 1.88 bits per heavy atom. The third-order valence-corrected chi connectivity index (χ3v) is 2.76. The standard InChI is InChI=1S/C9H24BNO4Si/c1-7-10(15-16(4,5)6)14-11(8(2)12)9(3)13/h8-9,12-13H,7H2,1-6H3/t8-,9-/m1/s1. The van der Waals surface area contributed by atoms with Gasteiger partial charge in [0.2, 0.25) is 0 Å². The van der Waals surface area contributed by atoms with Gasteiger partial charge >= 0.3 is 7.12 Å². The van der Waals surface area contributed by atoms with Crippen molar-refractivity contribution in [3.05, 3.63) is 0 Å². The molecule has 0 aliphatic heterocycles. The van der Waals surface area contributed by atoms with Crippen LogP contribution in [0.5, 0.6) is 0 Å². The van der Waals surface area contributed by atoms with E-state index in [4.69, 9.17) is 9.10 Å². The van der Waals surface area contributed by atoms with E-state index in [9.17, 15) is 10.2 Å². The second kappa shape index (κ2) is 6.73. The molecule has 0 aromatic rings. The van der Waals surface area contributed by atoms with E-state index in [1.165, 1.54) is 13.8 Å². The summed E-state index contributed by atoms with van der Waals surface area (Å²) in [7, 11) is -2.11. The molecule has 0 spiro atoms. The van der Waals surface area contributed by atoms with E-state index in [1.54, 1.807) is 0 Å². The topological polar surface area (TPSA) is 62.2 Å². The Kier molecular flexibility index (Phi) is 6.76. The van der Waals surface area contributed by atoms with Crippen LogP contribution in [0.15, 0.2) is 0 Å². The lowest BCUT2D eigenvalue weighted by atomic mass is 9.88. The summed E-state index contributed by atoms with van der Waals surface area (Å²) in [5.41, 5.74) is 0. The third-order valence-electron chi connectivity index (χ3n) is 1.79. The third kappa shape index (κ3) is 6.62. The van der Waals surface area contributed by atoms with Gasteiger partial charge in [0.05, 0.1) is 0 Å². The Morgan fingerprint density at radius 1 is 1.19 bits per heavy atom. The highest BCUT2D eigenvalue weighted by Gasteiger charge is 2.30. The van der Waals surface area contributed by atoms with Gasteiger partial charge in [0.1, 0.15) is 12.5 Å².